The molecule has 0 saturated carbocycles. The van der Waals surface area contributed by atoms with Crippen molar-refractivity contribution in [2.75, 3.05) is 20.8 Å². The van der Waals surface area contributed by atoms with Gasteiger partial charge in [0.15, 0.2) is 0 Å². The normalized spacial score (nSPS) is 11.9. The minimum Gasteiger partial charge on any atom is -0.465 e. The minimum atomic E-state index is -0.410. The fourth-order valence-corrected chi connectivity index (χ4v) is 2.23. The predicted molar refractivity (Wildman–Crippen MR) is 80.1 cm³/mol. The van der Waals surface area contributed by atoms with Crippen LogP contribution in [0.3, 0.4) is 0 Å². The molecule has 0 heterocycles. The van der Waals surface area contributed by atoms with Crippen molar-refractivity contribution in [3.05, 3.63) is 35.4 Å². The van der Waals surface area contributed by atoms with Gasteiger partial charge in [0.05, 0.1) is 25.8 Å². The maximum absolute atomic E-state index is 12.0. The number of amides is 1. The molecule has 1 aromatic carbocycles. The first-order valence-electron chi connectivity index (χ1n) is 6.94. The summed E-state index contributed by atoms with van der Waals surface area (Å²) in [5.41, 5.74) is 1.21. The van der Waals surface area contributed by atoms with Gasteiger partial charge in [-0.1, -0.05) is 32.0 Å². The largest absolute Gasteiger partial charge is 0.465 e. The molecule has 0 aliphatic heterocycles. The zero-order chi connectivity index (χ0) is 16.0. The van der Waals surface area contributed by atoms with E-state index in [-0.39, 0.29) is 12.0 Å². The first-order valence-corrected chi connectivity index (χ1v) is 6.94. The van der Waals surface area contributed by atoms with E-state index in [0.29, 0.717) is 12.1 Å². The Morgan fingerprint density at radius 3 is 2.24 bits per heavy atom. The number of nitrogens with zero attached hydrogens (tertiary/aromatic N) is 1. The van der Waals surface area contributed by atoms with Crippen LogP contribution in [0.4, 0.5) is 4.79 Å². The number of rotatable bonds is 5. The molecule has 0 spiro atoms. The van der Waals surface area contributed by atoms with Gasteiger partial charge in [0, 0.05) is 6.54 Å². The molecule has 1 aromatic rings. The monoisotopic (exact) mass is 293 g/mol. The molecule has 116 valence electrons. The number of benzene rings is 1. The highest BCUT2D eigenvalue weighted by molar-refractivity contribution is 5.91. The Bertz CT molecular complexity index is 499. The number of methoxy groups -OCH3 is 2. The van der Waals surface area contributed by atoms with Crippen molar-refractivity contribution in [2.24, 2.45) is 5.92 Å². The lowest BCUT2D eigenvalue weighted by Crippen LogP contribution is -2.37. The summed E-state index contributed by atoms with van der Waals surface area (Å²) in [5.74, 6) is -0.122. The molecule has 0 aromatic heterocycles. The van der Waals surface area contributed by atoms with E-state index in [1.54, 1.807) is 17.0 Å². The molecule has 5 heteroatoms. The van der Waals surface area contributed by atoms with E-state index in [4.69, 9.17) is 9.47 Å². The quantitative estimate of drug-likeness (QED) is 0.782. The van der Waals surface area contributed by atoms with Crippen molar-refractivity contribution in [1.29, 1.82) is 0 Å². The maximum Gasteiger partial charge on any atom is 0.409 e. The second kappa shape index (κ2) is 7.67. The molecule has 21 heavy (non-hydrogen) atoms. The van der Waals surface area contributed by atoms with E-state index in [2.05, 4.69) is 0 Å². The summed E-state index contributed by atoms with van der Waals surface area (Å²) in [7, 11) is 2.70. The Hall–Kier alpha value is -2.04. The van der Waals surface area contributed by atoms with Crippen molar-refractivity contribution >= 4 is 12.1 Å². The Labute approximate surface area is 125 Å². The van der Waals surface area contributed by atoms with Crippen LogP contribution in [0, 0.1) is 5.92 Å². The average Bonchev–Trinajstić information content (AvgIpc) is 2.50. The van der Waals surface area contributed by atoms with E-state index >= 15 is 0 Å². The fourth-order valence-electron chi connectivity index (χ4n) is 2.23. The average molecular weight is 293 g/mol. The number of carbonyl (C=O) groups is 2. The first kappa shape index (κ1) is 17.0. The van der Waals surface area contributed by atoms with E-state index in [1.807, 2.05) is 32.9 Å². The molecule has 1 unspecified atom stereocenters. The van der Waals surface area contributed by atoms with Crippen LogP contribution in [-0.4, -0.2) is 37.7 Å². The lowest BCUT2D eigenvalue weighted by Gasteiger charge is -2.30. The molecule has 1 atom stereocenters. The Balaban J connectivity index is 3.17. The van der Waals surface area contributed by atoms with E-state index in [0.717, 1.165) is 5.56 Å². The van der Waals surface area contributed by atoms with Crippen LogP contribution in [-0.2, 0) is 9.47 Å². The highest BCUT2D eigenvalue weighted by Crippen LogP contribution is 2.25. The first-order chi connectivity index (χ1) is 9.92. The summed E-state index contributed by atoms with van der Waals surface area (Å²) in [6.45, 7) is 6.47. The zero-order valence-corrected chi connectivity index (χ0v) is 13.3. The van der Waals surface area contributed by atoms with Gasteiger partial charge >= 0.3 is 12.1 Å². The standard InChI is InChI=1S/C16H23NO4/c1-11(2)10-17(16(19)21-5)12(3)13-8-6-7-9-14(13)15(18)20-4/h6-9,11-12H,10H2,1-5H3. The van der Waals surface area contributed by atoms with Gasteiger partial charge in [-0.25, -0.2) is 9.59 Å². The fraction of sp³-hybridized carbons (Fsp3) is 0.500. The molecule has 0 radical (unpaired) electrons. The van der Waals surface area contributed by atoms with Crippen LogP contribution < -0.4 is 0 Å². The van der Waals surface area contributed by atoms with Crippen molar-refractivity contribution in [3.63, 3.8) is 0 Å². The summed E-state index contributed by atoms with van der Waals surface area (Å²) >= 11 is 0. The van der Waals surface area contributed by atoms with Crippen molar-refractivity contribution in [3.8, 4) is 0 Å². The SMILES string of the molecule is COC(=O)c1ccccc1C(C)N(CC(C)C)C(=O)OC. The van der Waals surface area contributed by atoms with E-state index < -0.39 is 12.1 Å². The smallest absolute Gasteiger partial charge is 0.409 e. The van der Waals surface area contributed by atoms with Crippen LogP contribution in [0.5, 0.6) is 0 Å². The molecule has 0 aliphatic rings. The third-order valence-corrected chi connectivity index (χ3v) is 3.25. The molecule has 1 rings (SSSR count). The second-order valence-corrected chi connectivity index (χ2v) is 5.27. The van der Waals surface area contributed by atoms with Crippen LogP contribution in [0.25, 0.3) is 0 Å². The Morgan fingerprint density at radius 2 is 1.71 bits per heavy atom. The van der Waals surface area contributed by atoms with Crippen molar-refractivity contribution in [1.82, 2.24) is 4.90 Å². The maximum atomic E-state index is 12.0. The van der Waals surface area contributed by atoms with Gasteiger partial charge in [0.2, 0.25) is 0 Å². The lowest BCUT2D eigenvalue weighted by atomic mass is 9.99. The molecule has 1 amide bonds. The number of carbonyl (C=O) groups excluding carboxylic acids is 2. The number of hydrogen-bond acceptors (Lipinski definition) is 4. The Morgan fingerprint density at radius 1 is 1.10 bits per heavy atom. The van der Waals surface area contributed by atoms with Crippen LogP contribution in [0.2, 0.25) is 0 Å². The number of esters is 1. The van der Waals surface area contributed by atoms with Crippen LogP contribution in [0.15, 0.2) is 24.3 Å². The number of ether oxygens (including phenoxy) is 2. The topological polar surface area (TPSA) is 55.8 Å². The van der Waals surface area contributed by atoms with Gasteiger partial charge in [-0.2, -0.15) is 0 Å². The van der Waals surface area contributed by atoms with Gasteiger partial charge in [-0.05, 0) is 24.5 Å². The molecular weight excluding hydrogens is 270 g/mol. The summed E-state index contributed by atoms with van der Waals surface area (Å²) < 4.78 is 9.65. The van der Waals surface area contributed by atoms with Crippen LogP contribution in [0.1, 0.15) is 42.7 Å². The molecule has 0 fully saturated rings. The minimum absolute atomic E-state index is 0.282. The third-order valence-electron chi connectivity index (χ3n) is 3.25. The van der Waals surface area contributed by atoms with Gasteiger partial charge in [-0.3, -0.25) is 0 Å². The molecule has 0 saturated heterocycles. The predicted octanol–water partition coefficient (Wildman–Crippen LogP) is 3.26. The highest BCUT2D eigenvalue weighted by atomic mass is 16.5. The number of hydrogen-bond donors (Lipinski definition) is 0. The summed E-state index contributed by atoms with van der Waals surface area (Å²) in [6.07, 6.45) is -0.407. The molecular formula is C16H23NO4. The van der Waals surface area contributed by atoms with Gasteiger partial charge in [-0.15, -0.1) is 0 Å². The Kier molecular flexibility index (Phi) is 6.21. The summed E-state index contributed by atoms with van der Waals surface area (Å²) in [6, 6.07) is 6.85. The third kappa shape index (κ3) is 4.21. The van der Waals surface area contributed by atoms with Crippen molar-refractivity contribution < 1.29 is 19.1 Å². The van der Waals surface area contributed by atoms with E-state index in [9.17, 15) is 9.59 Å². The van der Waals surface area contributed by atoms with Crippen molar-refractivity contribution in [2.45, 2.75) is 26.8 Å². The molecule has 0 bridgehead atoms. The zero-order valence-electron chi connectivity index (χ0n) is 13.3. The summed E-state index contributed by atoms with van der Waals surface area (Å²) in [5, 5.41) is 0. The second-order valence-electron chi connectivity index (χ2n) is 5.27. The van der Waals surface area contributed by atoms with Crippen LogP contribution >= 0.6 is 0 Å². The van der Waals surface area contributed by atoms with E-state index in [1.165, 1.54) is 14.2 Å². The molecule has 0 N–H and O–H groups in total. The molecule has 5 nitrogen and oxygen atoms in total. The van der Waals surface area contributed by atoms with Gasteiger partial charge in [0.25, 0.3) is 0 Å². The van der Waals surface area contributed by atoms with Gasteiger partial charge < -0.3 is 14.4 Å². The summed E-state index contributed by atoms with van der Waals surface area (Å²) in [4.78, 5) is 25.5. The lowest BCUT2D eigenvalue weighted by molar-refractivity contribution is 0.0593. The molecule has 0 aliphatic carbocycles. The highest BCUT2D eigenvalue weighted by Gasteiger charge is 2.26. The van der Waals surface area contributed by atoms with Gasteiger partial charge in [0.1, 0.15) is 0 Å².